The number of amides is 1. The van der Waals surface area contributed by atoms with Crippen molar-refractivity contribution in [3.8, 4) is 17.1 Å². The Hall–Kier alpha value is -3.81. The van der Waals surface area contributed by atoms with Crippen molar-refractivity contribution < 1.29 is 46.1 Å². The molecule has 1 aromatic carbocycles. The van der Waals surface area contributed by atoms with Crippen LogP contribution in [0.2, 0.25) is 0 Å². The fourth-order valence-corrected chi connectivity index (χ4v) is 10.3. The van der Waals surface area contributed by atoms with Gasteiger partial charge in [0.15, 0.2) is 11.5 Å². The van der Waals surface area contributed by atoms with Crippen LogP contribution in [0, 0.1) is 23.7 Å². The summed E-state index contributed by atoms with van der Waals surface area (Å²) in [5.41, 5.74) is -3.23. The van der Waals surface area contributed by atoms with Gasteiger partial charge in [0.05, 0.1) is 29.4 Å². The smallest absolute Gasteiger partial charge is 0.434 e. The van der Waals surface area contributed by atoms with Gasteiger partial charge in [0.1, 0.15) is 11.3 Å². The molecule has 3 aromatic rings. The molecule has 14 heteroatoms. The highest BCUT2D eigenvalue weighted by atomic mass is 19.4. The molecule has 5 fully saturated rings. The molecule has 5 unspecified atom stereocenters. The van der Waals surface area contributed by atoms with Gasteiger partial charge in [-0.1, -0.05) is 13.8 Å². The van der Waals surface area contributed by atoms with Crippen molar-refractivity contribution in [2.75, 3.05) is 0 Å². The zero-order valence-corrected chi connectivity index (χ0v) is 31.2. The molecule has 5 aliphatic carbocycles. The maximum Gasteiger partial charge on any atom is 0.434 e. The van der Waals surface area contributed by atoms with Crippen LogP contribution < -0.4 is 10.1 Å². The van der Waals surface area contributed by atoms with E-state index >= 15 is 0 Å². The second-order valence-corrected chi connectivity index (χ2v) is 17.2. The SMILES string of the molecule is CC1CC2CC(C)C(NC(=O)c3cnc(-c4cn(C5CCC(F)(F)CC5)c5cc(OC6CCC(OC7CC7)CC6)ccc45)nc3C(F)(F)F)(C(=O)O)C(C1)C2. The first kappa shape index (κ1) is 38.1. The number of carbonyl (C=O) groups is 2. The van der Waals surface area contributed by atoms with Gasteiger partial charge in [-0.25, -0.2) is 23.5 Å². The highest BCUT2D eigenvalue weighted by Crippen LogP contribution is 2.51. The second kappa shape index (κ2) is 14.3. The Morgan fingerprint density at radius 3 is 2.25 bits per heavy atom. The van der Waals surface area contributed by atoms with Gasteiger partial charge >= 0.3 is 12.1 Å². The van der Waals surface area contributed by atoms with Crippen LogP contribution >= 0.6 is 0 Å². The van der Waals surface area contributed by atoms with Crippen LogP contribution in [-0.2, 0) is 15.7 Å². The van der Waals surface area contributed by atoms with Gasteiger partial charge in [0, 0.05) is 48.3 Å². The molecule has 2 N–H and O–H groups in total. The number of halogens is 5. The van der Waals surface area contributed by atoms with Crippen molar-refractivity contribution in [3.05, 3.63) is 41.9 Å². The van der Waals surface area contributed by atoms with Crippen LogP contribution in [0.3, 0.4) is 0 Å². The highest BCUT2D eigenvalue weighted by molar-refractivity contribution is 6.00. The summed E-state index contributed by atoms with van der Waals surface area (Å²) in [6.07, 6.45) is 5.91. The Balaban J connectivity index is 1.12. The molecule has 5 saturated carbocycles. The summed E-state index contributed by atoms with van der Waals surface area (Å²) in [6.45, 7) is 3.77. The predicted octanol–water partition coefficient (Wildman–Crippen LogP) is 9.38. The minimum Gasteiger partial charge on any atom is -0.490 e. The van der Waals surface area contributed by atoms with Crippen LogP contribution in [0.4, 0.5) is 22.0 Å². The maximum atomic E-state index is 14.8. The first-order valence-electron chi connectivity index (χ1n) is 19.9. The van der Waals surface area contributed by atoms with Crippen molar-refractivity contribution in [3.63, 3.8) is 0 Å². The molecule has 298 valence electrons. The molecular formula is C41H49F5N4O5. The number of carboxylic acids is 1. The number of benzene rings is 1. The van der Waals surface area contributed by atoms with E-state index in [0.29, 0.717) is 47.9 Å². The molecule has 2 bridgehead atoms. The third kappa shape index (κ3) is 7.56. The van der Waals surface area contributed by atoms with Crippen LogP contribution in [0.25, 0.3) is 22.3 Å². The van der Waals surface area contributed by atoms with Crippen LogP contribution in [-0.4, -0.2) is 61.3 Å². The van der Waals surface area contributed by atoms with E-state index in [1.165, 1.54) is 0 Å². The third-order valence-electron chi connectivity index (χ3n) is 13.1. The minimum atomic E-state index is -5.08. The summed E-state index contributed by atoms with van der Waals surface area (Å²) in [7, 11) is 0. The lowest BCUT2D eigenvalue weighted by molar-refractivity contribution is -0.155. The number of nitrogens with zero attached hydrogens (tertiary/aromatic N) is 3. The first-order valence-corrected chi connectivity index (χ1v) is 19.9. The van der Waals surface area contributed by atoms with E-state index in [1.807, 2.05) is 11.5 Å². The summed E-state index contributed by atoms with van der Waals surface area (Å²) in [6, 6.07) is 4.93. The Labute approximate surface area is 316 Å². The third-order valence-corrected chi connectivity index (χ3v) is 13.1. The zero-order valence-electron chi connectivity index (χ0n) is 31.2. The fourth-order valence-electron chi connectivity index (χ4n) is 10.3. The number of carboxylic acid groups (broad SMARTS) is 1. The Kier molecular flexibility index (Phi) is 9.89. The molecule has 2 aromatic heterocycles. The number of carbonyl (C=O) groups excluding carboxylic acids is 1. The standard InChI is InChI=1S/C41H49F5N4O5/c1-22-15-24-17-23(2)40(38(52)53,25(16-22)18-24)49-37(51)32-20-47-36(48-35(32)41(44,45)46)33-21-50(26-11-13-39(42,43)14-12-26)34-19-30(9-10-31(33)34)55-29-7-5-28(6-8-29)54-27-3-4-27/h9-10,19-29H,3-8,11-18H2,1-2H3,(H,49,51)(H,52,53). The number of aliphatic carboxylic acids is 1. The first-order chi connectivity index (χ1) is 26.1. The molecule has 0 spiro atoms. The highest BCUT2D eigenvalue weighted by Gasteiger charge is 2.57. The molecule has 0 radical (unpaired) electrons. The van der Waals surface area contributed by atoms with E-state index in [-0.39, 0.29) is 61.2 Å². The van der Waals surface area contributed by atoms with Crippen LogP contribution in [0.5, 0.6) is 5.75 Å². The summed E-state index contributed by atoms with van der Waals surface area (Å²) < 4.78 is 87.3. The van der Waals surface area contributed by atoms with Gasteiger partial charge in [-0.2, -0.15) is 13.2 Å². The lowest BCUT2D eigenvalue weighted by Gasteiger charge is -2.52. The molecule has 8 rings (SSSR count). The van der Waals surface area contributed by atoms with Crippen molar-refractivity contribution >= 4 is 22.8 Å². The summed E-state index contributed by atoms with van der Waals surface area (Å²) in [5, 5.41) is 13.6. The molecule has 0 saturated heterocycles. The van der Waals surface area contributed by atoms with E-state index < -0.39 is 52.6 Å². The number of nitrogens with one attached hydrogen (secondary N) is 1. The van der Waals surface area contributed by atoms with E-state index in [1.54, 1.807) is 31.3 Å². The van der Waals surface area contributed by atoms with Gasteiger partial charge in [0.25, 0.3) is 5.91 Å². The molecule has 9 nitrogen and oxygen atoms in total. The van der Waals surface area contributed by atoms with Gasteiger partial charge in [-0.15, -0.1) is 0 Å². The zero-order chi connectivity index (χ0) is 38.9. The molecule has 0 aliphatic heterocycles. The van der Waals surface area contributed by atoms with Crippen molar-refractivity contribution in [2.45, 2.75) is 146 Å². The van der Waals surface area contributed by atoms with Crippen LogP contribution in [0.1, 0.15) is 126 Å². The number of fused-ring (bicyclic) bond motifs is 3. The number of hydrogen-bond donors (Lipinski definition) is 2. The van der Waals surface area contributed by atoms with Gasteiger partial charge in [0.2, 0.25) is 5.92 Å². The normalized spacial score (nSPS) is 31.3. The van der Waals surface area contributed by atoms with Crippen LogP contribution in [0.15, 0.2) is 30.6 Å². The fraction of sp³-hybridized carbons (Fsp3) is 0.659. The van der Waals surface area contributed by atoms with Crippen molar-refractivity contribution in [2.24, 2.45) is 23.7 Å². The molecule has 5 atom stereocenters. The lowest BCUT2D eigenvalue weighted by Crippen LogP contribution is -2.66. The number of rotatable bonds is 9. The summed E-state index contributed by atoms with van der Waals surface area (Å²) in [4.78, 5) is 35.0. The average Bonchev–Trinajstić information content (AvgIpc) is 3.87. The lowest BCUT2D eigenvalue weighted by atomic mass is 9.56. The van der Waals surface area contributed by atoms with E-state index in [9.17, 15) is 36.6 Å². The minimum absolute atomic E-state index is 0.0380. The Morgan fingerprint density at radius 2 is 1.60 bits per heavy atom. The van der Waals surface area contributed by atoms with E-state index in [0.717, 1.165) is 51.1 Å². The van der Waals surface area contributed by atoms with Gasteiger partial charge < -0.3 is 24.5 Å². The summed E-state index contributed by atoms with van der Waals surface area (Å²) in [5.74, 6) is -5.38. The van der Waals surface area contributed by atoms with Gasteiger partial charge in [-0.05, 0) is 113 Å². The number of alkyl halides is 5. The predicted molar refractivity (Wildman–Crippen MR) is 193 cm³/mol. The second-order valence-electron chi connectivity index (χ2n) is 17.2. The molecule has 55 heavy (non-hydrogen) atoms. The largest absolute Gasteiger partial charge is 0.490 e. The average molecular weight is 773 g/mol. The molecular weight excluding hydrogens is 723 g/mol. The Bertz CT molecular complexity index is 1930. The molecule has 2 heterocycles. The maximum absolute atomic E-state index is 14.8. The number of aromatic nitrogens is 3. The molecule has 5 aliphatic rings. The van der Waals surface area contributed by atoms with E-state index in [2.05, 4.69) is 15.3 Å². The van der Waals surface area contributed by atoms with Crippen molar-refractivity contribution in [1.82, 2.24) is 19.9 Å². The number of ether oxygens (including phenoxy) is 2. The monoisotopic (exact) mass is 772 g/mol. The summed E-state index contributed by atoms with van der Waals surface area (Å²) >= 11 is 0. The Morgan fingerprint density at radius 1 is 0.927 bits per heavy atom. The molecule has 1 amide bonds. The number of hydrogen-bond acceptors (Lipinski definition) is 6. The topological polar surface area (TPSA) is 116 Å². The van der Waals surface area contributed by atoms with E-state index in [4.69, 9.17) is 9.47 Å². The van der Waals surface area contributed by atoms with Crippen molar-refractivity contribution in [1.29, 1.82) is 0 Å². The van der Waals surface area contributed by atoms with Gasteiger partial charge in [-0.3, -0.25) is 4.79 Å². The quantitative estimate of drug-likeness (QED) is 0.208.